The number of nitro benzene ring substituents is 1. The van der Waals surface area contributed by atoms with Gasteiger partial charge < -0.3 is 10.0 Å². The van der Waals surface area contributed by atoms with Gasteiger partial charge in [-0.3, -0.25) is 19.8 Å². The van der Waals surface area contributed by atoms with Crippen LogP contribution in [0.15, 0.2) is 53.0 Å². The maximum Gasteiger partial charge on any atom is 0.269 e. The summed E-state index contributed by atoms with van der Waals surface area (Å²) >= 11 is 3.48. The van der Waals surface area contributed by atoms with Gasteiger partial charge in [-0.05, 0) is 42.0 Å². The molecule has 0 aliphatic carbocycles. The molecule has 4 rings (SSSR count). The number of non-ortho nitro benzene ring substituents is 1. The predicted octanol–water partition coefficient (Wildman–Crippen LogP) is 3.90. The second-order valence-electron chi connectivity index (χ2n) is 8.56. The average Bonchev–Trinajstić information content (AvgIpc) is 2.85. The minimum absolute atomic E-state index is 0.00346. The molecule has 2 fully saturated rings. The van der Waals surface area contributed by atoms with E-state index in [4.69, 9.17) is 0 Å². The summed E-state index contributed by atoms with van der Waals surface area (Å²) in [7, 11) is 0. The summed E-state index contributed by atoms with van der Waals surface area (Å²) in [5.41, 5.74) is 1.84. The van der Waals surface area contributed by atoms with Crippen molar-refractivity contribution in [3.8, 4) is 0 Å². The summed E-state index contributed by atoms with van der Waals surface area (Å²) in [5, 5.41) is 21.9. The van der Waals surface area contributed by atoms with Gasteiger partial charge in [-0.1, -0.05) is 47.1 Å². The standard InChI is InChI=1S/C23H26BrN3O4/c1-15-5-10-21-23(29)25(12-16-3-2-4-19(11-16)27(30)31)13-20(28)14-26(21)22(15)17-6-8-18(24)9-7-17/h2-4,6-9,11,15,20-22,28H,5,10,12-14H2,1H3/t15-,20+,21+,22+/m1/s1. The number of halogens is 1. The predicted molar refractivity (Wildman–Crippen MR) is 120 cm³/mol. The van der Waals surface area contributed by atoms with Gasteiger partial charge in [0.25, 0.3) is 5.69 Å². The first kappa shape index (κ1) is 21.9. The van der Waals surface area contributed by atoms with Crippen LogP contribution in [-0.2, 0) is 11.3 Å². The first-order valence-electron chi connectivity index (χ1n) is 10.5. The maximum atomic E-state index is 13.5. The smallest absolute Gasteiger partial charge is 0.269 e. The van der Waals surface area contributed by atoms with E-state index in [2.05, 4.69) is 39.9 Å². The number of benzene rings is 2. The molecule has 0 aromatic heterocycles. The molecular formula is C23H26BrN3O4. The lowest BCUT2D eigenvalue weighted by atomic mass is 9.82. The highest BCUT2D eigenvalue weighted by atomic mass is 79.9. The van der Waals surface area contributed by atoms with E-state index >= 15 is 0 Å². The van der Waals surface area contributed by atoms with Gasteiger partial charge >= 0.3 is 0 Å². The first-order valence-corrected chi connectivity index (χ1v) is 11.3. The van der Waals surface area contributed by atoms with Crippen molar-refractivity contribution in [3.63, 3.8) is 0 Å². The van der Waals surface area contributed by atoms with Crippen LogP contribution in [0.2, 0.25) is 0 Å². The molecule has 1 N–H and O–H groups in total. The summed E-state index contributed by atoms with van der Waals surface area (Å²) in [5.74, 6) is 0.345. The van der Waals surface area contributed by atoms with Gasteiger partial charge in [0.15, 0.2) is 0 Å². The number of nitro groups is 1. The highest BCUT2D eigenvalue weighted by molar-refractivity contribution is 9.10. The third kappa shape index (κ3) is 4.66. The molecular weight excluding hydrogens is 462 g/mol. The Bertz CT molecular complexity index is 968. The third-order valence-corrected chi connectivity index (χ3v) is 6.88. The zero-order chi connectivity index (χ0) is 22.1. The second kappa shape index (κ2) is 9.06. The number of nitrogens with zero attached hydrogens (tertiary/aromatic N) is 3. The summed E-state index contributed by atoms with van der Waals surface area (Å²) < 4.78 is 1.01. The van der Waals surface area contributed by atoms with Crippen molar-refractivity contribution in [1.82, 2.24) is 9.80 Å². The van der Waals surface area contributed by atoms with E-state index in [9.17, 15) is 20.0 Å². The van der Waals surface area contributed by atoms with E-state index in [0.717, 1.165) is 22.9 Å². The fourth-order valence-electron chi connectivity index (χ4n) is 4.94. The Balaban J connectivity index is 1.60. The van der Waals surface area contributed by atoms with Gasteiger partial charge in [0.1, 0.15) is 0 Å². The molecule has 0 bridgehead atoms. The van der Waals surface area contributed by atoms with Crippen LogP contribution in [0.5, 0.6) is 0 Å². The molecule has 2 aliphatic rings. The normalized spacial score (nSPS) is 26.9. The van der Waals surface area contributed by atoms with Crippen molar-refractivity contribution < 1.29 is 14.8 Å². The van der Waals surface area contributed by atoms with Crippen LogP contribution in [0.25, 0.3) is 0 Å². The lowest BCUT2D eigenvalue weighted by molar-refractivity contribution is -0.384. The van der Waals surface area contributed by atoms with Crippen molar-refractivity contribution in [3.05, 3.63) is 74.2 Å². The molecule has 2 aromatic rings. The van der Waals surface area contributed by atoms with Gasteiger partial charge in [0.2, 0.25) is 5.91 Å². The number of carbonyl (C=O) groups is 1. The quantitative estimate of drug-likeness (QED) is 0.521. The monoisotopic (exact) mass is 487 g/mol. The fraction of sp³-hybridized carbons (Fsp3) is 0.435. The fourth-order valence-corrected chi connectivity index (χ4v) is 5.20. The maximum absolute atomic E-state index is 13.5. The Morgan fingerprint density at radius 2 is 1.90 bits per heavy atom. The Morgan fingerprint density at radius 1 is 1.16 bits per heavy atom. The largest absolute Gasteiger partial charge is 0.390 e. The van der Waals surface area contributed by atoms with Crippen LogP contribution in [0, 0.1) is 16.0 Å². The molecule has 31 heavy (non-hydrogen) atoms. The third-order valence-electron chi connectivity index (χ3n) is 6.35. The second-order valence-corrected chi connectivity index (χ2v) is 9.48. The number of piperidine rings is 1. The van der Waals surface area contributed by atoms with E-state index in [-0.39, 0.29) is 36.8 Å². The summed E-state index contributed by atoms with van der Waals surface area (Å²) in [6, 6.07) is 14.3. The number of hydrogen-bond acceptors (Lipinski definition) is 5. The summed E-state index contributed by atoms with van der Waals surface area (Å²) in [4.78, 5) is 28.0. The van der Waals surface area contributed by atoms with Crippen molar-refractivity contribution in [2.45, 2.75) is 44.5 Å². The van der Waals surface area contributed by atoms with Gasteiger partial charge in [-0.25, -0.2) is 0 Å². The molecule has 0 spiro atoms. The Morgan fingerprint density at radius 3 is 2.61 bits per heavy atom. The number of β-amino-alcohol motifs (C(OH)–C–C–N with tert-alkyl or cyclic N) is 1. The van der Waals surface area contributed by atoms with Gasteiger partial charge in [-0.15, -0.1) is 0 Å². The molecule has 2 aromatic carbocycles. The SMILES string of the molecule is C[C@@H]1CC[C@H]2C(=O)N(Cc3cccc([N+](=O)[O-])c3)C[C@H](O)CN2[C@@H]1c1ccc(Br)cc1. The van der Waals surface area contributed by atoms with Crippen molar-refractivity contribution in [1.29, 1.82) is 0 Å². The zero-order valence-corrected chi connectivity index (χ0v) is 18.9. The van der Waals surface area contributed by atoms with Crippen LogP contribution < -0.4 is 0 Å². The molecule has 0 saturated carbocycles. The topological polar surface area (TPSA) is 86.9 Å². The minimum Gasteiger partial charge on any atom is -0.390 e. The van der Waals surface area contributed by atoms with Gasteiger partial charge in [0, 0.05) is 42.3 Å². The highest BCUT2D eigenvalue weighted by Crippen LogP contribution is 2.40. The molecule has 2 aliphatic heterocycles. The molecule has 4 atom stereocenters. The summed E-state index contributed by atoms with van der Waals surface area (Å²) in [6.45, 7) is 3.09. The number of carbonyl (C=O) groups excluding carboxylic acids is 1. The lowest BCUT2D eigenvalue weighted by Crippen LogP contribution is -2.51. The van der Waals surface area contributed by atoms with E-state index in [1.54, 1.807) is 17.0 Å². The molecule has 2 saturated heterocycles. The first-order chi connectivity index (χ1) is 14.8. The number of fused-ring (bicyclic) bond motifs is 1. The molecule has 1 amide bonds. The number of amides is 1. The number of hydrogen-bond donors (Lipinski definition) is 1. The van der Waals surface area contributed by atoms with Crippen LogP contribution in [0.1, 0.15) is 36.9 Å². The molecule has 0 radical (unpaired) electrons. The van der Waals surface area contributed by atoms with E-state index in [1.165, 1.54) is 12.1 Å². The summed E-state index contributed by atoms with van der Waals surface area (Å²) in [6.07, 6.45) is 0.982. The highest BCUT2D eigenvalue weighted by Gasteiger charge is 2.44. The zero-order valence-electron chi connectivity index (χ0n) is 17.4. The van der Waals surface area contributed by atoms with Gasteiger partial charge in [0.05, 0.1) is 17.1 Å². The Kier molecular flexibility index (Phi) is 6.41. The van der Waals surface area contributed by atoms with Crippen molar-refractivity contribution >= 4 is 27.5 Å². The number of rotatable bonds is 4. The minimum atomic E-state index is -0.684. The van der Waals surface area contributed by atoms with Crippen molar-refractivity contribution in [2.75, 3.05) is 13.1 Å². The molecule has 2 heterocycles. The molecule has 0 unspecified atom stereocenters. The van der Waals surface area contributed by atoms with E-state index in [1.807, 2.05) is 12.1 Å². The van der Waals surface area contributed by atoms with Crippen LogP contribution in [0.4, 0.5) is 5.69 Å². The Hall–Kier alpha value is -2.29. The van der Waals surface area contributed by atoms with Crippen LogP contribution in [0.3, 0.4) is 0 Å². The molecule has 7 nitrogen and oxygen atoms in total. The number of aliphatic hydroxyl groups is 1. The van der Waals surface area contributed by atoms with Crippen LogP contribution in [-0.4, -0.2) is 51.0 Å². The molecule has 8 heteroatoms. The lowest BCUT2D eigenvalue weighted by Gasteiger charge is -2.44. The molecule has 164 valence electrons. The van der Waals surface area contributed by atoms with Crippen molar-refractivity contribution in [2.24, 2.45) is 5.92 Å². The van der Waals surface area contributed by atoms with E-state index in [0.29, 0.717) is 18.0 Å². The van der Waals surface area contributed by atoms with Gasteiger partial charge in [-0.2, -0.15) is 0 Å². The Labute approximate surface area is 189 Å². The number of aliphatic hydroxyl groups excluding tert-OH is 1. The van der Waals surface area contributed by atoms with E-state index < -0.39 is 11.0 Å². The van der Waals surface area contributed by atoms with Crippen LogP contribution >= 0.6 is 15.9 Å². The average molecular weight is 488 g/mol.